The first-order valence-electron chi connectivity index (χ1n) is 6.47. The van der Waals surface area contributed by atoms with Crippen LogP contribution in [0.3, 0.4) is 0 Å². The molecule has 0 unspecified atom stereocenters. The van der Waals surface area contributed by atoms with Gasteiger partial charge < -0.3 is 15.2 Å². The number of halogens is 1. The Kier molecular flexibility index (Phi) is 5.27. The molecular formula is C16H18ClNO2. The van der Waals surface area contributed by atoms with Crippen molar-refractivity contribution in [2.75, 3.05) is 13.7 Å². The molecule has 0 aromatic heterocycles. The number of ether oxygens (including phenoxy) is 2. The predicted octanol–water partition coefficient (Wildman–Crippen LogP) is 3.43. The van der Waals surface area contributed by atoms with Gasteiger partial charge in [-0.2, -0.15) is 0 Å². The summed E-state index contributed by atoms with van der Waals surface area (Å²) in [4.78, 5) is 0. The average Bonchev–Trinajstić information content (AvgIpc) is 2.46. The smallest absolute Gasteiger partial charge is 0.164 e. The first-order valence-corrected chi connectivity index (χ1v) is 6.85. The fourth-order valence-electron chi connectivity index (χ4n) is 2.02. The number of hydrogen-bond acceptors (Lipinski definition) is 3. The van der Waals surface area contributed by atoms with Crippen LogP contribution in [0.1, 0.15) is 11.1 Å². The molecular weight excluding hydrogens is 274 g/mol. The molecule has 2 N–H and O–H groups in total. The van der Waals surface area contributed by atoms with Gasteiger partial charge in [0.2, 0.25) is 0 Å². The van der Waals surface area contributed by atoms with E-state index in [1.807, 2.05) is 42.5 Å². The topological polar surface area (TPSA) is 44.5 Å². The highest BCUT2D eigenvalue weighted by Crippen LogP contribution is 2.32. The molecule has 2 rings (SSSR count). The van der Waals surface area contributed by atoms with Gasteiger partial charge in [0.15, 0.2) is 11.5 Å². The van der Waals surface area contributed by atoms with Crippen LogP contribution in [0.15, 0.2) is 42.5 Å². The molecule has 0 heterocycles. The van der Waals surface area contributed by atoms with Gasteiger partial charge in [0.1, 0.15) is 6.61 Å². The molecule has 0 aliphatic rings. The predicted molar refractivity (Wildman–Crippen MR) is 81.5 cm³/mol. The van der Waals surface area contributed by atoms with Crippen molar-refractivity contribution in [3.63, 3.8) is 0 Å². The minimum Gasteiger partial charge on any atom is -0.493 e. The van der Waals surface area contributed by atoms with Crippen LogP contribution in [0.4, 0.5) is 0 Å². The van der Waals surface area contributed by atoms with Crippen molar-refractivity contribution in [1.82, 2.24) is 0 Å². The Hall–Kier alpha value is -1.71. The largest absolute Gasteiger partial charge is 0.493 e. The van der Waals surface area contributed by atoms with Crippen molar-refractivity contribution in [1.29, 1.82) is 0 Å². The second kappa shape index (κ2) is 7.17. The second-order valence-electron chi connectivity index (χ2n) is 4.41. The van der Waals surface area contributed by atoms with E-state index in [9.17, 15) is 0 Å². The number of hydrogen-bond donors (Lipinski definition) is 1. The van der Waals surface area contributed by atoms with E-state index in [2.05, 4.69) is 0 Å². The maximum atomic E-state index is 5.97. The molecule has 0 atom stereocenters. The number of para-hydroxylation sites is 1. The van der Waals surface area contributed by atoms with Crippen LogP contribution in [-0.4, -0.2) is 13.7 Å². The minimum atomic E-state index is 0.443. The quantitative estimate of drug-likeness (QED) is 0.887. The maximum Gasteiger partial charge on any atom is 0.164 e. The average molecular weight is 292 g/mol. The molecule has 2 aromatic carbocycles. The standard InChI is InChI=1S/C16H18ClNO2/c1-19-15-7-3-5-13(8-9-18)16(15)20-11-12-4-2-6-14(17)10-12/h2-7,10H,8-9,11,18H2,1H3. The first-order chi connectivity index (χ1) is 9.74. The zero-order chi connectivity index (χ0) is 14.4. The van der Waals surface area contributed by atoms with Crippen molar-refractivity contribution < 1.29 is 9.47 Å². The molecule has 2 aromatic rings. The van der Waals surface area contributed by atoms with Crippen molar-refractivity contribution in [3.8, 4) is 11.5 Å². The molecule has 0 saturated heterocycles. The minimum absolute atomic E-state index is 0.443. The van der Waals surface area contributed by atoms with Crippen molar-refractivity contribution in [2.45, 2.75) is 13.0 Å². The maximum absolute atomic E-state index is 5.97. The van der Waals surface area contributed by atoms with Crippen LogP contribution >= 0.6 is 11.6 Å². The van der Waals surface area contributed by atoms with E-state index >= 15 is 0 Å². The molecule has 106 valence electrons. The van der Waals surface area contributed by atoms with E-state index in [4.69, 9.17) is 26.8 Å². The molecule has 0 aliphatic carbocycles. The molecule has 0 bridgehead atoms. The van der Waals surface area contributed by atoms with E-state index < -0.39 is 0 Å². The van der Waals surface area contributed by atoms with E-state index in [1.165, 1.54) is 0 Å². The molecule has 0 saturated carbocycles. The van der Waals surface area contributed by atoms with Crippen molar-refractivity contribution >= 4 is 11.6 Å². The summed E-state index contributed by atoms with van der Waals surface area (Å²) in [6, 6.07) is 13.4. The lowest BCUT2D eigenvalue weighted by Crippen LogP contribution is -2.06. The number of nitrogens with two attached hydrogens (primary N) is 1. The number of rotatable bonds is 6. The highest BCUT2D eigenvalue weighted by Gasteiger charge is 2.10. The summed E-state index contributed by atoms with van der Waals surface area (Å²) in [6.07, 6.45) is 0.752. The Morgan fingerprint density at radius 1 is 1.15 bits per heavy atom. The molecule has 0 fully saturated rings. The summed E-state index contributed by atoms with van der Waals surface area (Å²) in [6.45, 7) is 1.01. The Morgan fingerprint density at radius 3 is 2.65 bits per heavy atom. The monoisotopic (exact) mass is 291 g/mol. The number of methoxy groups -OCH3 is 1. The van der Waals surface area contributed by atoms with Gasteiger partial charge in [-0.25, -0.2) is 0 Å². The molecule has 3 nitrogen and oxygen atoms in total. The zero-order valence-electron chi connectivity index (χ0n) is 11.4. The zero-order valence-corrected chi connectivity index (χ0v) is 12.2. The Bertz CT molecular complexity index is 572. The molecule has 0 spiro atoms. The summed E-state index contributed by atoms with van der Waals surface area (Å²) in [5, 5.41) is 0.702. The van der Waals surface area contributed by atoms with Gasteiger partial charge in [-0.1, -0.05) is 35.9 Å². The lowest BCUT2D eigenvalue weighted by atomic mass is 10.1. The molecule has 0 aliphatic heterocycles. The van der Waals surface area contributed by atoms with E-state index in [0.717, 1.165) is 29.0 Å². The van der Waals surface area contributed by atoms with Gasteiger partial charge in [-0.15, -0.1) is 0 Å². The van der Waals surface area contributed by atoms with E-state index in [-0.39, 0.29) is 0 Å². The van der Waals surface area contributed by atoms with Gasteiger partial charge in [-0.05, 0) is 42.3 Å². The molecule has 20 heavy (non-hydrogen) atoms. The van der Waals surface area contributed by atoms with Crippen molar-refractivity contribution in [3.05, 3.63) is 58.6 Å². The van der Waals surface area contributed by atoms with Crippen LogP contribution in [0.25, 0.3) is 0 Å². The lowest BCUT2D eigenvalue weighted by Gasteiger charge is -2.15. The van der Waals surface area contributed by atoms with Gasteiger partial charge in [-0.3, -0.25) is 0 Å². The van der Waals surface area contributed by atoms with E-state index in [1.54, 1.807) is 7.11 Å². The normalized spacial score (nSPS) is 10.3. The Morgan fingerprint density at radius 2 is 1.95 bits per heavy atom. The Balaban J connectivity index is 2.19. The first kappa shape index (κ1) is 14.7. The van der Waals surface area contributed by atoms with Crippen LogP contribution in [0, 0.1) is 0 Å². The summed E-state index contributed by atoms with van der Waals surface area (Å²) in [5.74, 6) is 1.47. The third kappa shape index (κ3) is 3.65. The summed E-state index contributed by atoms with van der Waals surface area (Å²) in [7, 11) is 1.63. The fourth-order valence-corrected chi connectivity index (χ4v) is 2.23. The molecule has 4 heteroatoms. The Labute approximate surface area is 124 Å². The van der Waals surface area contributed by atoms with Gasteiger partial charge in [0.25, 0.3) is 0 Å². The van der Waals surface area contributed by atoms with Gasteiger partial charge >= 0.3 is 0 Å². The molecule has 0 radical (unpaired) electrons. The van der Waals surface area contributed by atoms with E-state index in [0.29, 0.717) is 18.2 Å². The van der Waals surface area contributed by atoms with Gasteiger partial charge in [0, 0.05) is 5.02 Å². The third-order valence-electron chi connectivity index (χ3n) is 2.97. The van der Waals surface area contributed by atoms with Crippen LogP contribution in [-0.2, 0) is 13.0 Å². The SMILES string of the molecule is COc1cccc(CCN)c1OCc1cccc(Cl)c1. The lowest BCUT2D eigenvalue weighted by molar-refractivity contribution is 0.281. The van der Waals surface area contributed by atoms with Crippen LogP contribution in [0.2, 0.25) is 5.02 Å². The number of benzene rings is 2. The van der Waals surface area contributed by atoms with Crippen molar-refractivity contribution in [2.24, 2.45) is 5.73 Å². The highest BCUT2D eigenvalue weighted by atomic mass is 35.5. The summed E-state index contributed by atoms with van der Waals surface area (Å²) in [5.41, 5.74) is 7.70. The van der Waals surface area contributed by atoms with Crippen LogP contribution in [0.5, 0.6) is 11.5 Å². The molecule has 0 amide bonds. The fraction of sp³-hybridized carbons (Fsp3) is 0.250. The summed E-state index contributed by atoms with van der Waals surface area (Å²) < 4.78 is 11.3. The highest BCUT2D eigenvalue weighted by molar-refractivity contribution is 6.30. The van der Waals surface area contributed by atoms with Crippen LogP contribution < -0.4 is 15.2 Å². The van der Waals surface area contributed by atoms with Gasteiger partial charge in [0.05, 0.1) is 7.11 Å². The third-order valence-corrected chi connectivity index (χ3v) is 3.20. The second-order valence-corrected chi connectivity index (χ2v) is 4.84. The summed E-state index contributed by atoms with van der Waals surface area (Å²) >= 11 is 5.97.